The van der Waals surface area contributed by atoms with E-state index in [0.29, 0.717) is 17.7 Å². The van der Waals surface area contributed by atoms with Crippen LogP contribution < -0.4 is 9.47 Å². The summed E-state index contributed by atoms with van der Waals surface area (Å²) in [6.07, 6.45) is -0.215. The average molecular weight is 488 g/mol. The van der Waals surface area contributed by atoms with E-state index in [0.717, 1.165) is 5.56 Å². The molecule has 0 aliphatic heterocycles. The van der Waals surface area contributed by atoms with Crippen LogP contribution in [0.1, 0.15) is 58.6 Å². The number of phenols is 1. The Morgan fingerprint density at radius 2 is 1.74 bits per heavy atom. The summed E-state index contributed by atoms with van der Waals surface area (Å²) in [5.41, 5.74) is 0.683. The fourth-order valence-corrected chi connectivity index (χ4v) is 3.22. The Morgan fingerprint density at radius 3 is 2.34 bits per heavy atom. The fourth-order valence-electron chi connectivity index (χ4n) is 3.22. The van der Waals surface area contributed by atoms with Gasteiger partial charge in [-0.25, -0.2) is 4.79 Å². The van der Waals surface area contributed by atoms with Crippen molar-refractivity contribution in [1.82, 2.24) is 4.90 Å². The normalized spacial score (nSPS) is 11.2. The lowest BCUT2D eigenvalue weighted by molar-refractivity contribution is -0.145. The van der Waals surface area contributed by atoms with Crippen molar-refractivity contribution in [3.05, 3.63) is 53.6 Å². The number of benzene rings is 2. The molecule has 0 aromatic heterocycles. The standard InChI is InChI=1S/C27H37NO7/c1-19(2)34-25-22(32-6)15-14-21(24(25)30)17-28(26(31)35-27(3,4)5)16-10-13-23(29)33-18-20-11-8-7-9-12-20/h7-9,11-12,14-15,19,30H,10,13,16-18H2,1-6H3. The van der Waals surface area contributed by atoms with Gasteiger partial charge in [-0.1, -0.05) is 30.3 Å². The third-order valence-electron chi connectivity index (χ3n) is 4.82. The Balaban J connectivity index is 2.09. The summed E-state index contributed by atoms with van der Waals surface area (Å²) in [5.74, 6) is 0.158. The Kier molecular flexibility index (Phi) is 10.2. The lowest BCUT2D eigenvalue weighted by atomic mass is 10.1. The maximum absolute atomic E-state index is 12.9. The maximum Gasteiger partial charge on any atom is 0.410 e. The van der Waals surface area contributed by atoms with Crippen LogP contribution in [0, 0.1) is 0 Å². The van der Waals surface area contributed by atoms with Gasteiger partial charge in [-0.05, 0) is 58.7 Å². The van der Waals surface area contributed by atoms with Crippen LogP contribution in [0.3, 0.4) is 0 Å². The largest absolute Gasteiger partial charge is 0.504 e. The number of esters is 1. The first-order valence-electron chi connectivity index (χ1n) is 11.7. The number of phenolic OH excluding ortho intramolecular Hbond substituents is 1. The summed E-state index contributed by atoms with van der Waals surface area (Å²) in [4.78, 5) is 26.6. The van der Waals surface area contributed by atoms with Crippen molar-refractivity contribution in [2.75, 3.05) is 13.7 Å². The van der Waals surface area contributed by atoms with E-state index < -0.39 is 11.7 Å². The zero-order valence-electron chi connectivity index (χ0n) is 21.5. The van der Waals surface area contributed by atoms with Crippen LogP contribution in [0.5, 0.6) is 17.2 Å². The highest BCUT2D eigenvalue weighted by Crippen LogP contribution is 2.40. The second kappa shape index (κ2) is 12.9. The third kappa shape index (κ3) is 9.39. The summed E-state index contributed by atoms with van der Waals surface area (Å²) in [6.45, 7) is 9.54. The van der Waals surface area contributed by atoms with Crippen LogP contribution in [0.15, 0.2) is 42.5 Å². The molecule has 8 nitrogen and oxygen atoms in total. The van der Waals surface area contributed by atoms with Gasteiger partial charge in [-0.2, -0.15) is 0 Å². The molecule has 0 spiro atoms. The number of carbonyl (C=O) groups excluding carboxylic acids is 2. The Morgan fingerprint density at radius 1 is 1.06 bits per heavy atom. The summed E-state index contributed by atoms with van der Waals surface area (Å²) in [7, 11) is 1.49. The molecule has 35 heavy (non-hydrogen) atoms. The van der Waals surface area contributed by atoms with Crippen molar-refractivity contribution >= 4 is 12.1 Å². The molecule has 8 heteroatoms. The molecule has 0 radical (unpaired) electrons. The monoisotopic (exact) mass is 487 g/mol. The van der Waals surface area contributed by atoms with E-state index in [4.69, 9.17) is 18.9 Å². The molecule has 0 fully saturated rings. The van der Waals surface area contributed by atoms with Crippen LogP contribution in [0.2, 0.25) is 0 Å². The molecular weight excluding hydrogens is 450 g/mol. The number of hydrogen-bond acceptors (Lipinski definition) is 7. The van der Waals surface area contributed by atoms with E-state index in [1.54, 1.807) is 32.9 Å². The molecule has 1 N–H and O–H groups in total. The van der Waals surface area contributed by atoms with Crippen molar-refractivity contribution in [1.29, 1.82) is 0 Å². The lowest BCUT2D eigenvalue weighted by Gasteiger charge is -2.28. The molecule has 0 heterocycles. The van der Waals surface area contributed by atoms with Gasteiger partial charge in [0, 0.05) is 18.5 Å². The molecule has 0 aliphatic carbocycles. The number of methoxy groups -OCH3 is 1. The minimum atomic E-state index is -0.697. The number of carbonyl (C=O) groups is 2. The van der Waals surface area contributed by atoms with Crippen molar-refractivity contribution in [2.24, 2.45) is 0 Å². The van der Waals surface area contributed by atoms with Gasteiger partial charge in [0.2, 0.25) is 5.75 Å². The molecule has 0 bridgehead atoms. The minimum absolute atomic E-state index is 0.0677. The predicted molar refractivity (Wildman–Crippen MR) is 133 cm³/mol. The van der Waals surface area contributed by atoms with Gasteiger partial charge < -0.3 is 29.0 Å². The van der Waals surface area contributed by atoms with Crippen LogP contribution in [0.4, 0.5) is 4.79 Å². The quantitative estimate of drug-likeness (QED) is 0.421. The van der Waals surface area contributed by atoms with Crippen molar-refractivity contribution in [2.45, 2.75) is 72.3 Å². The number of aromatic hydroxyl groups is 1. The van der Waals surface area contributed by atoms with Gasteiger partial charge in [0.15, 0.2) is 11.5 Å². The van der Waals surface area contributed by atoms with E-state index >= 15 is 0 Å². The number of hydrogen-bond donors (Lipinski definition) is 1. The Labute approximate surface area is 207 Å². The first kappa shape index (κ1) is 27.8. The number of amides is 1. The van der Waals surface area contributed by atoms with E-state index in [9.17, 15) is 14.7 Å². The fraction of sp³-hybridized carbons (Fsp3) is 0.481. The van der Waals surface area contributed by atoms with Gasteiger partial charge in [0.25, 0.3) is 0 Å². The van der Waals surface area contributed by atoms with Crippen LogP contribution in [-0.2, 0) is 27.4 Å². The van der Waals surface area contributed by atoms with Gasteiger partial charge in [0.1, 0.15) is 12.2 Å². The summed E-state index contributed by atoms with van der Waals surface area (Å²) < 4.78 is 21.9. The highest BCUT2D eigenvalue weighted by Gasteiger charge is 2.25. The van der Waals surface area contributed by atoms with Gasteiger partial charge in [-0.15, -0.1) is 0 Å². The van der Waals surface area contributed by atoms with E-state index in [1.165, 1.54) is 12.0 Å². The zero-order valence-corrected chi connectivity index (χ0v) is 21.5. The van der Waals surface area contributed by atoms with Crippen LogP contribution >= 0.6 is 0 Å². The molecule has 2 aromatic carbocycles. The summed E-state index contributed by atoms with van der Waals surface area (Å²) in [5, 5.41) is 10.8. The van der Waals surface area contributed by atoms with Gasteiger partial charge in [0.05, 0.1) is 19.8 Å². The number of nitrogens with zero attached hydrogens (tertiary/aromatic N) is 1. The Bertz CT molecular complexity index is 967. The SMILES string of the molecule is COc1ccc(CN(CCCC(=O)OCc2ccccc2)C(=O)OC(C)(C)C)c(O)c1OC(C)C. The number of rotatable bonds is 11. The molecule has 0 saturated carbocycles. The molecule has 0 aliphatic rings. The van der Waals surface area contributed by atoms with E-state index in [-0.39, 0.29) is 49.7 Å². The molecular formula is C27H37NO7. The molecule has 0 saturated heterocycles. The number of ether oxygens (including phenoxy) is 4. The second-order valence-electron chi connectivity index (χ2n) is 9.42. The molecule has 0 atom stereocenters. The highest BCUT2D eigenvalue weighted by atomic mass is 16.6. The van der Waals surface area contributed by atoms with Crippen molar-refractivity contribution < 1.29 is 33.6 Å². The van der Waals surface area contributed by atoms with Crippen LogP contribution in [0.25, 0.3) is 0 Å². The Hall–Kier alpha value is -3.42. The molecule has 192 valence electrons. The third-order valence-corrected chi connectivity index (χ3v) is 4.82. The van der Waals surface area contributed by atoms with Gasteiger partial charge in [-0.3, -0.25) is 4.79 Å². The lowest BCUT2D eigenvalue weighted by Crippen LogP contribution is -2.37. The summed E-state index contributed by atoms with van der Waals surface area (Å²) in [6, 6.07) is 12.8. The first-order valence-corrected chi connectivity index (χ1v) is 11.7. The molecule has 2 aromatic rings. The first-order chi connectivity index (χ1) is 16.5. The smallest absolute Gasteiger partial charge is 0.410 e. The minimum Gasteiger partial charge on any atom is -0.504 e. The van der Waals surface area contributed by atoms with Crippen molar-refractivity contribution in [3.8, 4) is 17.2 Å². The average Bonchev–Trinajstić information content (AvgIpc) is 2.78. The van der Waals surface area contributed by atoms with Gasteiger partial charge >= 0.3 is 12.1 Å². The molecule has 0 unspecified atom stereocenters. The zero-order chi connectivity index (χ0) is 26.0. The van der Waals surface area contributed by atoms with E-state index in [2.05, 4.69) is 0 Å². The topological polar surface area (TPSA) is 94.5 Å². The van der Waals surface area contributed by atoms with E-state index in [1.807, 2.05) is 44.2 Å². The highest BCUT2D eigenvalue weighted by molar-refractivity contribution is 5.70. The summed E-state index contributed by atoms with van der Waals surface area (Å²) >= 11 is 0. The maximum atomic E-state index is 12.9. The molecule has 1 amide bonds. The van der Waals surface area contributed by atoms with Crippen LogP contribution in [-0.4, -0.2) is 47.4 Å². The van der Waals surface area contributed by atoms with Crippen molar-refractivity contribution in [3.63, 3.8) is 0 Å². The predicted octanol–water partition coefficient (Wildman–Crippen LogP) is 5.45. The molecule has 2 rings (SSSR count). The second-order valence-corrected chi connectivity index (χ2v) is 9.42.